The van der Waals surface area contributed by atoms with Crippen LogP contribution in [-0.2, 0) is 28.9 Å². The van der Waals surface area contributed by atoms with Gasteiger partial charge in [-0.2, -0.15) is 4.39 Å². The van der Waals surface area contributed by atoms with Crippen LogP contribution in [-0.4, -0.2) is 21.6 Å². The molecular weight excluding hydrogens is 353 g/mol. The van der Waals surface area contributed by atoms with Gasteiger partial charge in [-0.15, -0.1) is 0 Å². The van der Waals surface area contributed by atoms with Gasteiger partial charge in [0.15, 0.2) is 0 Å². The van der Waals surface area contributed by atoms with Gasteiger partial charge < -0.3 is 10.1 Å². The Hall–Kier alpha value is -2.74. The molecule has 1 saturated heterocycles. The van der Waals surface area contributed by atoms with Crippen molar-refractivity contribution in [3.8, 4) is 0 Å². The van der Waals surface area contributed by atoms with E-state index >= 15 is 0 Å². The van der Waals surface area contributed by atoms with Gasteiger partial charge in [0, 0.05) is 12.3 Å². The molecule has 27 heavy (non-hydrogen) atoms. The first kappa shape index (κ1) is 17.7. The number of nitrogens with zero attached hydrogens (tertiary/aromatic N) is 2. The summed E-state index contributed by atoms with van der Waals surface area (Å²) in [5, 5.41) is 2.68. The molecule has 0 bridgehead atoms. The van der Waals surface area contributed by atoms with Gasteiger partial charge in [0.2, 0.25) is 11.7 Å². The number of carbonyl (C=O) groups excluding carboxylic acids is 1. The van der Waals surface area contributed by atoms with Crippen LogP contribution >= 0.6 is 0 Å². The summed E-state index contributed by atoms with van der Waals surface area (Å²) < 4.78 is 21.1. The number of aryl methyl sites for hydroxylation is 2. The summed E-state index contributed by atoms with van der Waals surface area (Å²) in [6, 6.07) is 5.66. The molecule has 1 atom stereocenters. The Morgan fingerprint density at radius 3 is 2.81 bits per heavy atom. The Morgan fingerprint density at radius 2 is 2.04 bits per heavy atom. The van der Waals surface area contributed by atoms with Crippen molar-refractivity contribution in [2.45, 2.75) is 44.9 Å². The summed E-state index contributed by atoms with van der Waals surface area (Å²) in [6.07, 6.45) is 4.64. The molecule has 0 unspecified atom stereocenters. The van der Waals surface area contributed by atoms with E-state index in [0.29, 0.717) is 23.3 Å². The van der Waals surface area contributed by atoms with E-state index in [4.69, 9.17) is 4.74 Å². The summed E-state index contributed by atoms with van der Waals surface area (Å²) in [5.41, 5.74) is 1.20. The lowest BCUT2D eigenvalue weighted by Gasteiger charge is -2.15. The predicted molar refractivity (Wildman–Crippen MR) is 96.2 cm³/mol. The zero-order chi connectivity index (χ0) is 19.0. The number of anilines is 1. The van der Waals surface area contributed by atoms with E-state index in [2.05, 4.69) is 5.32 Å². The minimum atomic E-state index is -1.11. The van der Waals surface area contributed by atoms with Crippen molar-refractivity contribution < 1.29 is 13.9 Å². The number of halogens is 1. The van der Waals surface area contributed by atoms with Gasteiger partial charge in [-0.1, -0.05) is 6.07 Å². The molecular formula is C19H20FN3O4. The second kappa shape index (κ2) is 7.11. The average Bonchev–Trinajstić information content (AvgIpc) is 3.33. The molecule has 8 heteroatoms. The summed E-state index contributed by atoms with van der Waals surface area (Å²) in [4.78, 5) is 37.0. The van der Waals surface area contributed by atoms with Gasteiger partial charge in [-0.05, 0) is 55.4 Å². The minimum Gasteiger partial charge on any atom is -0.358 e. The van der Waals surface area contributed by atoms with Crippen LogP contribution in [0.2, 0.25) is 0 Å². The Labute approximate surface area is 154 Å². The molecule has 1 aromatic heterocycles. The van der Waals surface area contributed by atoms with E-state index in [1.54, 1.807) is 6.07 Å². The maximum absolute atomic E-state index is 14.0. The van der Waals surface area contributed by atoms with Crippen LogP contribution in [0.1, 0.15) is 36.6 Å². The monoisotopic (exact) mass is 373 g/mol. The molecule has 142 valence electrons. The first-order valence-corrected chi connectivity index (χ1v) is 9.07. The molecule has 7 nitrogen and oxygen atoms in total. The van der Waals surface area contributed by atoms with Crippen LogP contribution in [0, 0.1) is 5.82 Å². The van der Waals surface area contributed by atoms with Crippen LogP contribution in [0.15, 0.2) is 34.0 Å². The lowest BCUT2D eigenvalue weighted by molar-refractivity contribution is -0.116. The molecule has 1 aliphatic heterocycles. The Morgan fingerprint density at radius 1 is 1.22 bits per heavy atom. The van der Waals surface area contributed by atoms with E-state index in [9.17, 15) is 18.8 Å². The molecule has 4 rings (SSSR count). The standard InChI is InChI=1S/C19H20FN3O4/c20-15-10-22(17-5-2-8-27-17)19(26)23(18(15)25)11-16(24)21-14-7-6-12-3-1-4-13(12)9-14/h6-7,9-10,17H,1-5,8,11H2,(H,21,24)/t17-/m0/s1. The summed E-state index contributed by atoms with van der Waals surface area (Å²) in [5.74, 6) is -1.65. The summed E-state index contributed by atoms with van der Waals surface area (Å²) >= 11 is 0. The zero-order valence-electron chi connectivity index (χ0n) is 14.7. The highest BCUT2D eigenvalue weighted by Crippen LogP contribution is 2.25. The molecule has 0 radical (unpaired) electrons. The predicted octanol–water partition coefficient (Wildman–Crippen LogP) is 1.59. The third kappa shape index (κ3) is 3.44. The maximum atomic E-state index is 14.0. The van der Waals surface area contributed by atoms with Crippen LogP contribution in [0.5, 0.6) is 0 Å². The molecule has 1 aromatic carbocycles. The fourth-order valence-corrected chi connectivity index (χ4v) is 3.71. The third-order valence-electron chi connectivity index (χ3n) is 5.05. The smallest absolute Gasteiger partial charge is 0.333 e. The van der Waals surface area contributed by atoms with E-state index < -0.39 is 35.7 Å². The molecule has 1 amide bonds. The number of aromatic nitrogens is 2. The maximum Gasteiger partial charge on any atom is 0.333 e. The van der Waals surface area contributed by atoms with Gasteiger partial charge in [-0.3, -0.25) is 14.2 Å². The number of fused-ring (bicyclic) bond motifs is 1. The fourth-order valence-electron chi connectivity index (χ4n) is 3.71. The van der Waals surface area contributed by atoms with Gasteiger partial charge in [0.05, 0.1) is 6.20 Å². The number of hydrogen-bond donors (Lipinski definition) is 1. The van der Waals surface area contributed by atoms with Crippen molar-refractivity contribution in [1.29, 1.82) is 0 Å². The number of hydrogen-bond acceptors (Lipinski definition) is 4. The molecule has 2 heterocycles. The van der Waals surface area contributed by atoms with Crippen molar-refractivity contribution in [2.24, 2.45) is 0 Å². The third-order valence-corrected chi connectivity index (χ3v) is 5.05. The first-order valence-electron chi connectivity index (χ1n) is 9.07. The number of amides is 1. The molecule has 2 aliphatic rings. The second-order valence-corrected chi connectivity index (χ2v) is 6.91. The summed E-state index contributed by atoms with van der Waals surface area (Å²) in [6.45, 7) is -0.0874. The summed E-state index contributed by atoms with van der Waals surface area (Å²) in [7, 11) is 0. The molecule has 1 aliphatic carbocycles. The molecule has 1 fully saturated rings. The Kier molecular flexibility index (Phi) is 4.65. The number of benzene rings is 1. The van der Waals surface area contributed by atoms with Gasteiger partial charge in [0.1, 0.15) is 12.8 Å². The van der Waals surface area contributed by atoms with Crippen LogP contribution in [0.3, 0.4) is 0 Å². The Balaban J connectivity index is 1.57. The van der Waals surface area contributed by atoms with Gasteiger partial charge >= 0.3 is 5.69 Å². The minimum absolute atomic E-state index is 0.469. The van der Waals surface area contributed by atoms with Crippen molar-refractivity contribution in [3.63, 3.8) is 0 Å². The average molecular weight is 373 g/mol. The highest BCUT2D eigenvalue weighted by atomic mass is 19.1. The number of nitrogens with one attached hydrogen (secondary N) is 1. The highest BCUT2D eigenvalue weighted by molar-refractivity contribution is 5.90. The SMILES string of the molecule is O=C(Cn1c(=O)c(F)cn([C@@H]2CCCO2)c1=O)Nc1ccc2c(c1)CCC2. The van der Waals surface area contributed by atoms with Crippen LogP contribution in [0.25, 0.3) is 0 Å². The zero-order valence-corrected chi connectivity index (χ0v) is 14.7. The van der Waals surface area contributed by atoms with Crippen LogP contribution in [0.4, 0.5) is 10.1 Å². The number of carbonyl (C=O) groups is 1. The first-order chi connectivity index (χ1) is 13.0. The van der Waals surface area contributed by atoms with E-state index in [1.165, 1.54) is 11.1 Å². The topological polar surface area (TPSA) is 82.3 Å². The highest BCUT2D eigenvalue weighted by Gasteiger charge is 2.23. The fraction of sp³-hybridized carbons (Fsp3) is 0.421. The number of ether oxygens (including phenoxy) is 1. The lowest BCUT2D eigenvalue weighted by Crippen LogP contribution is -2.44. The van der Waals surface area contributed by atoms with Crippen molar-refractivity contribution >= 4 is 11.6 Å². The lowest BCUT2D eigenvalue weighted by atomic mass is 10.1. The van der Waals surface area contributed by atoms with E-state index in [1.807, 2.05) is 12.1 Å². The number of rotatable bonds is 4. The van der Waals surface area contributed by atoms with Gasteiger partial charge in [0.25, 0.3) is 5.56 Å². The van der Waals surface area contributed by atoms with E-state index in [-0.39, 0.29) is 0 Å². The van der Waals surface area contributed by atoms with Crippen molar-refractivity contribution in [2.75, 3.05) is 11.9 Å². The van der Waals surface area contributed by atoms with Crippen molar-refractivity contribution in [1.82, 2.24) is 9.13 Å². The molecule has 0 saturated carbocycles. The second-order valence-electron chi connectivity index (χ2n) is 6.91. The molecule has 0 spiro atoms. The van der Waals surface area contributed by atoms with Gasteiger partial charge in [-0.25, -0.2) is 9.36 Å². The quantitative estimate of drug-likeness (QED) is 0.882. The van der Waals surface area contributed by atoms with E-state index in [0.717, 1.165) is 36.4 Å². The Bertz CT molecular complexity index is 1000. The van der Waals surface area contributed by atoms with Crippen molar-refractivity contribution in [3.05, 3.63) is 62.2 Å². The molecule has 1 N–H and O–H groups in total. The largest absolute Gasteiger partial charge is 0.358 e. The normalized spacial score (nSPS) is 18.5. The molecule has 2 aromatic rings. The van der Waals surface area contributed by atoms with Crippen LogP contribution < -0.4 is 16.6 Å².